The van der Waals surface area contributed by atoms with Crippen molar-refractivity contribution in [3.63, 3.8) is 0 Å². The topological polar surface area (TPSA) is 57.0 Å². The standard InChI is InChI=1S/C20H21N3O2/c1-13(2)19-12-21-22-23(19)18-10-16(9-17(11-18)20(24)25-4)15-7-5-14(3)6-8-15/h5-13H,1-4H3. The van der Waals surface area contributed by atoms with Crippen LogP contribution in [-0.2, 0) is 4.74 Å². The molecule has 0 amide bonds. The molecule has 5 heteroatoms. The molecule has 25 heavy (non-hydrogen) atoms. The molecule has 0 radical (unpaired) electrons. The first-order valence-corrected chi connectivity index (χ1v) is 8.21. The van der Waals surface area contributed by atoms with Gasteiger partial charge in [-0.05, 0) is 42.2 Å². The van der Waals surface area contributed by atoms with Crippen molar-refractivity contribution >= 4 is 5.97 Å². The second-order valence-corrected chi connectivity index (χ2v) is 6.35. The summed E-state index contributed by atoms with van der Waals surface area (Å²) in [5, 5.41) is 8.22. The van der Waals surface area contributed by atoms with Crippen molar-refractivity contribution in [1.82, 2.24) is 15.0 Å². The quantitative estimate of drug-likeness (QED) is 0.672. The highest BCUT2D eigenvalue weighted by atomic mass is 16.5. The van der Waals surface area contributed by atoms with Crippen LogP contribution in [0.15, 0.2) is 48.7 Å². The van der Waals surface area contributed by atoms with Crippen molar-refractivity contribution in [2.24, 2.45) is 0 Å². The van der Waals surface area contributed by atoms with Gasteiger partial charge in [0.1, 0.15) is 0 Å². The third-order valence-electron chi connectivity index (χ3n) is 4.14. The van der Waals surface area contributed by atoms with E-state index in [0.29, 0.717) is 5.56 Å². The van der Waals surface area contributed by atoms with Crippen LogP contribution in [0.3, 0.4) is 0 Å². The minimum atomic E-state index is -0.374. The molecule has 3 rings (SSSR count). The van der Waals surface area contributed by atoms with Gasteiger partial charge in [-0.1, -0.05) is 48.9 Å². The molecule has 0 fully saturated rings. The number of ether oxygens (including phenoxy) is 1. The zero-order valence-corrected chi connectivity index (χ0v) is 14.9. The Morgan fingerprint density at radius 3 is 2.44 bits per heavy atom. The number of esters is 1. The maximum Gasteiger partial charge on any atom is 0.337 e. The van der Waals surface area contributed by atoms with Crippen molar-refractivity contribution in [3.8, 4) is 16.8 Å². The lowest BCUT2D eigenvalue weighted by atomic mass is 10.0. The number of carbonyl (C=O) groups is 1. The normalized spacial score (nSPS) is 10.9. The van der Waals surface area contributed by atoms with E-state index < -0.39 is 0 Å². The molecule has 0 aliphatic carbocycles. The highest BCUT2D eigenvalue weighted by Crippen LogP contribution is 2.26. The van der Waals surface area contributed by atoms with Gasteiger partial charge in [0.2, 0.25) is 0 Å². The van der Waals surface area contributed by atoms with Gasteiger partial charge < -0.3 is 4.74 Å². The largest absolute Gasteiger partial charge is 0.465 e. The summed E-state index contributed by atoms with van der Waals surface area (Å²) in [5.41, 5.74) is 5.41. The van der Waals surface area contributed by atoms with Crippen LogP contribution in [0, 0.1) is 6.92 Å². The first-order valence-electron chi connectivity index (χ1n) is 8.21. The average molecular weight is 335 g/mol. The van der Waals surface area contributed by atoms with E-state index >= 15 is 0 Å². The number of benzene rings is 2. The monoisotopic (exact) mass is 335 g/mol. The molecule has 5 nitrogen and oxygen atoms in total. The number of rotatable bonds is 4. The van der Waals surface area contributed by atoms with Crippen LogP contribution in [0.2, 0.25) is 0 Å². The second kappa shape index (κ2) is 6.89. The van der Waals surface area contributed by atoms with E-state index in [9.17, 15) is 4.79 Å². The molecule has 0 unspecified atom stereocenters. The molecule has 128 valence electrons. The molecular formula is C20H21N3O2. The van der Waals surface area contributed by atoms with Crippen molar-refractivity contribution in [3.05, 3.63) is 65.5 Å². The van der Waals surface area contributed by atoms with Gasteiger partial charge in [-0.2, -0.15) is 0 Å². The molecule has 0 aliphatic rings. The molecule has 0 saturated heterocycles. The van der Waals surface area contributed by atoms with Crippen LogP contribution in [0.5, 0.6) is 0 Å². The summed E-state index contributed by atoms with van der Waals surface area (Å²) < 4.78 is 6.68. The second-order valence-electron chi connectivity index (χ2n) is 6.35. The predicted octanol–water partition coefficient (Wildman–Crippen LogP) is 4.15. The van der Waals surface area contributed by atoms with Crippen LogP contribution in [0.1, 0.15) is 41.4 Å². The van der Waals surface area contributed by atoms with E-state index in [1.807, 2.05) is 31.2 Å². The molecule has 2 aromatic carbocycles. The molecule has 0 spiro atoms. The van der Waals surface area contributed by atoms with Crippen LogP contribution in [-0.4, -0.2) is 28.1 Å². The van der Waals surface area contributed by atoms with Gasteiger partial charge in [0.05, 0.1) is 30.3 Å². The Kier molecular flexibility index (Phi) is 4.65. The van der Waals surface area contributed by atoms with E-state index in [-0.39, 0.29) is 11.9 Å². The van der Waals surface area contributed by atoms with Crippen LogP contribution < -0.4 is 0 Å². The van der Waals surface area contributed by atoms with Gasteiger partial charge in [0.15, 0.2) is 0 Å². The van der Waals surface area contributed by atoms with E-state index in [2.05, 4.69) is 36.3 Å². The first-order chi connectivity index (χ1) is 12.0. The Hall–Kier alpha value is -2.95. The summed E-state index contributed by atoms with van der Waals surface area (Å²) in [7, 11) is 1.38. The zero-order valence-electron chi connectivity index (χ0n) is 14.9. The predicted molar refractivity (Wildman–Crippen MR) is 97.0 cm³/mol. The summed E-state index contributed by atoms with van der Waals surface area (Å²) in [5.74, 6) is -0.110. The molecular weight excluding hydrogens is 314 g/mol. The van der Waals surface area contributed by atoms with Crippen LogP contribution >= 0.6 is 0 Å². The van der Waals surface area contributed by atoms with Crippen molar-refractivity contribution < 1.29 is 9.53 Å². The molecule has 0 aliphatic heterocycles. The SMILES string of the molecule is COC(=O)c1cc(-c2ccc(C)cc2)cc(-n2nncc2C(C)C)c1. The third kappa shape index (κ3) is 3.45. The summed E-state index contributed by atoms with van der Waals surface area (Å²) in [4.78, 5) is 12.1. The summed E-state index contributed by atoms with van der Waals surface area (Å²) in [6.07, 6.45) is 1.75. The maximum absolute atomic E-state index is 12.1. The number of hydrogen-bond acceptors (Lipinski definition) is 4. The molecule has 0 saturated carbocycles. The Labute approximate surface area is 147 Å². The molecule has 0 atom stereocenters. The number of methoxy groups -OCH3 is 1. The minimum absolute atomic E-state index is 0.264. The van der Waals surface area contributed by atoms with Gasteiger partial charge in [-0.3, -0.25) is 0 Å². The molecule has 1 heterocycles. The van der Waals surface area contributed by atoms with E-state index in [0.717, 1.165) is 22.5 Å². The fourth-order valence-corrected chi connectivity index (χ4v) is 2.72. The number of aryl methyl sites for hydroxylation is 1. The number of carbonyl (C=O) groups excluding carboxylic acids is 1. The lowest BCUT2D eigenvalue weighted by molar-refractivity contribution is 0.0600. The fraction of sp³-hybridized carbons (Fsp3) is 0.250. The average Bonchev–Trinajstić information content (AvgIpc) is 3.11. The van der Waals surface area contributed by atoms with E-state index in [1.165, 1.54) is 12.7 Å². The lowest BCUT2D eigenvalue weighted by Crippen LogP contribution is -2.07. The van der Waals surface area contributed by atoms with E-state index in [1.54, 1.807) is 16.9 Å². The zero-order chi connectivity index (χ0) is 18.0. The molecule has 0 bridgehead atoms. The lowest BCUT2D eigenvalue weighted by Gasteiger charge is -2.12. The fourth-order valence-electron chi connectivity index (χ4n) is 2.72. The van der Waals surface area contributed by atoms with Gasteiger partial charge in [-0.25, -0.2) is 9.48 Å². The number of aromatic nitrogens is 3. The van der Waals surface area contributed by atoms with Crippen molar-refractivity contribution in [2.45, 2.75) is 26.7 Å². The Bertz CT molecular complexity index is 896. The van der Waals surface area contributed by atoms with Crippen molar-refractivity contribution in [1.29, 1.82) is 0 Å². The van der Waals surface area contributed by atoms with Gasteiger partial charge >= 0.3 is 5.97 Å². The van der Waals surface area contributed by atoms with Crippen LogP contribution in [0.25, 0.3) is 16.8 Å². The smallest absolute Gasteiger partial charge is 0.337 e. The number of nitrogens with zero attached hydrogens (tertiary/aromatic N) is 3. The highest BCUT2D eigenvalue weighted by Gasteiger charge is 2.15. The van der Waals surface area contributed by atoms with Gasteiger partial charge in [0, 0.05) is 0 Å². The van der Waals surface area contributed by atoms with Gasteiger partial charge in [-0.15, -0.1) is 5.10 Å². The summed E-state index contributed by atoms with van der Waals surface area (Å²) in [6.45, 7) is 6.21. The Morgan fingerprint density at radius 2 is 1.80 bits per heavy atom. The number of hydrogen-bond donors (Lipinski definition) is 0. The maximum atomic E-state index is 12.1. The summed E-state index contributed by atoms with van der Waals surface area (Å²) >= 11 is 0. The molecule has 3 aromatic rings. The summed E-state index contributed by atoms with van der Waals surface area (Å²) in [6, 6.07) is 13.8. The van der Waals surface area contributed by atoms with Crippen molar-refractivity contribution in [2.75, 3.05) is 7.11 Å². The van der Waals surface area contributed by atoms with E-state index in [4.69, 9.17) is 4.74 Å². The minimum Gasteiger partial charge on any atom is -0.465 e. The highest BCUT2D eigenvalue weighted by molar-refractivity contribution is 5.92. The Morgan fingerprint density at radius 1 is 1.08 bits per heavy atom. The third-order valence-corrected chi connectivity index (χ3v) is 4.14. The Balaban J connectivity index is 2.18. The molecule has 1 aromatic heterocycles. The van der Waals surface area contributed by atoms with Crippen LogP contribution in [0.4, 0.5) is 0 Å². The molecule has 0 N–H and O–H groups in total. The van der Waals surface area contributed by atoms with Gasteiger partial charge in [0.25, 0.3) is 0 Å². The first kappa shape index (κ1) is 16.9.